The second-order valence-corrected chi connectivity index (χ2v) is 8.27. The van der Waals surface area contributed by atoms with Gasteiger partial charge in [0.2, 0.25) is 0 Å². The van der Waals surface area contributed by atoms with Gasteiger partial charge >= 0.3 is 18.6 Å². The van der Waals surface area contributed by atoms with Crippen LogP contribution < -0.4 is 11.1 Å². The van der Waals surface area contributed by atoms with E-state index >= 15 is 0 Å². The quantitative estimate of drug-likeness (QED) is 0.194. The fraction of sp³-hybridized carbons (Fsp3) is 0.375. The molecule has 1 aromatic rings. The second-order valence-electron chi connectivity index (χ2n) is 6.28. The standard InChI is InChI=1S/C16H15F2N5O7S2/c1-5(24)29-2-6-3-31-13-9(12(26)23(13)10(6)14(27)28)21-11(25)8(22-30-15(17)18)7-4-32-16(19)20-7/h4,9,13,15H,2-3H2,1H3,(H2,19,20)(H,21,25)(H,27,28)/b22-8-/t9-,13-/m1/s1. The van der Waals surface area contributed by atoms with Crippen LogP contribution in [0.2, 0.25) is 0 Å². The first-order valence-electron chi connectivity index (χ1n) is 8.67. The van der Waals surface area contributed by atoms with Gasteiger partial charge < -0.3 is 25.7 Å². The van der Waals surface area contributed by atoms with Crippen LogP contribution in [0.3, 0.4) is 0 Å². The molecule has 0 spiro atoms. The first-order chi connectivity index (χ1) is 15.1. The number of nitrogens with two attached hydrogens (primary N) is 1. The Labute approximate surface area is 186 Å². The number of alkyl halides is 2. The van der Waals surface area contributed by atoms with Crippen LogP contribution in [-0.4, -0.2) is 74.8 Å². The molecule has 0 bridgehead atoms. The molecule has 12 nitrogen and oxygen atoms in total. The number of oxime groups is 1. The zero-order chi connectivity index (χ0) is 23.6. The van der Waals surface area contributed by atoms with Crippen molar-refractivity contribution in [3.05, 3.63) is 22.3 Å². The molecule has 3 heterocycles. The van der Waals surface area contributed by atoms with Gasteiger partial charge in [0.25, 0.3) is 11.8 Å². The summed E-state index contributed by atoms with van der Waals surface area (Å²) in [5.41, 5.74) is 4.61. The number of thiazole rings is 1. The number of carbonyl (C=O) groups is 4. The summed E-state index contributed by atoms with van der Waals surface area (Å²) in [4.78, 5) is 56.6. The third-order valence-corrected chi connectivity index (χ3v) is 6.20. The van der Waals surface area contributed by atoms with Gasteiger partial charge in [-0.05, 0) is 0 Å². The average molecular weight is 491 g/mol. The monoisotopic (exact) mass is 491 g/mol. The normalized spacial score (nSPS) is 20.6. The lowest BCUT2D eigenvalue weighted by molar-refractivity contribution is -0.150. The number of carboxylic acids is 1. The van der Waals surface area contributed by atoms with Gasteiger partial charge in [-0.1, -0.05) is 5.16 Å². The van der Waals surface area contributed by atoms with E-state index in [4.69, 9.17) is 10.5 Å². The van der Waals surface area contributed by atoms with Crippen molar-refractivity contribution >= 4 is 57.7 Å². The number of anilines is 1. The number of ether oxygens (including phenoxy) is 1. The number of rotatable bonds is 8. The van der Waals surface area contributed by atoms with E-state index in [9.17, 15) is 33.1 Å². The topological polar surface area (TPSA) is 174 Å². The number of esters is 1. The number of aliphatic carboxylic acids is 1. The highest BCUT2D eigenvalue weighted by Crippen LogP contribution is 2.40. The third kappa shape index (κ3) is 4.80. The number of nitrogen functional groups attached to an aromatic ring is 1. The number of halogens is 2. The zero-order valence-corrected chi connectivity index (χ0v) is 17.7. The van der Waals surface area contributed by atoms with E-state index in [0.717, 1.165) is 34.9 Å². The van der Waals surface area contributed by atoms with Crippen LogP contribution in [0.5, 0.6) is 0 Å². The van der Waals surface area contributed by atoms with Crippen LogP contribution in [-0.2, 0) is 28.8 Å². The maximum Gasteiger partial charge on any atom is 0.407 e. The third-order valence-electron chi connectivity index (χ3n) is 4.19. The molecule has 2 amide bonds. The summed E-state index contributed by atoms with van der Waals surface area (Å²) in [5.74, 6) is -3.69. The van der Waals surface area contributed by atoms with Crippen molar-refractivity contribution < 1.29 is 42.6 Å². The molecular weight excluding hydrogens is 476 g/mol. The molecule has 0 radical (unpaired) electrons. The van der Waals surface area contributed by atoms with Gasteiger partial charge in [0.1, 0.15) is 29.4 Å². The van der Waals surface area contributed by atoms with Gasteiger partial charge in [0.15, 0.2) is 10.8 Å². The van der Waals surface area contributed by atoms with E-state index in [1.165, 1.54) is 5.38 Å². The predicted octanol–water partition coefficient (Wildman–Crippen LogP) is -0.0297. The van der Waals surface area contributed by atoms with Crippen molar-refractivity contribution in [3.63, 3.8) is 0 Å². The first-order valence-corrected chi connectivity index (χ1v) is 10.6. The van der Waals surface area contributed by atoms with Crippen LogP contribution in [0.15, 0.2) is 21.8 Å². The summed E-state index contributed by atoms with van der Waals surface area (Å²) in [6.45, 7) is -2.44. The van der Waals surface area contributed by atoms with Gasteiger partial charge in [-0.25, -0.2) is 9.78 Å². The molecule has 3 rings (SSSR count). The summed E-state index contributed by atoms with van der Waals surface area (Å²) in [7, 11) is 0. The van der Waals surface area contributed by atoms with Crippen LogP contribution >= 0.6 is 23.1 Å². The Balaban J connectivity index is 1.78. The minimum absolute atomic E-state index is 0.0443. The number of nitrogens with zero attached hydrogens (tertiary/aromatic N) is 3. The lowest BCUT2D eigenvalue weighted by Crippen LogP contribution is -2.71. The molecule has 1 fully saturated rings. The fourth-order valence-electron chi connectivity index (χ4n) is 2.89. The van der Waals surface area contributed by atoms with Gasteiger partial charge in [-0.3, -0.25) is 19.3 Å². The summed E-state index contributed by atoms with van der Waals surface area (Å²) in [6.07, 6.45) is 0. The van der Waals surface area contributed by atoms with Crippen molar-refractivity contribution in [2.45, 2.75) is 25.0 Å². The number of thioether (sulfide) groups is 1. The Morgan fingerprint density at radius 2 is 2.19 bits per heavy atom. The fourth-order valence-corrected chi connectivity index (χ4v) is 4.76. The van der Waals surface area contributed by atoms with Crippen molar-refractivity contribution in [1.82, 2.24) is 15.2 Å². The summed E-state index contributed by atoms with van der Waals surface area (Å²) < 4.78 is 29.7. The molecule has 4 N–H and O–H groups in total. The van der Waals surface area contributed by atoms with Crippen LogP contribution in [0.1, 0.15) is 12.6 Å². The Hall–Kier alpha value is -3.27. The van der Waals surface area contributed by atoms with Crippen molar-refractivity contribution in [2.75, 3.05) is 18.1 Å². The lowest BCUT2D eigenvalue weighted by atomic mass is 10.0. The molecule has 0 aromatic carbocycles. The zero-order valence-electron chi connectivity index (χ0n) is 16.1. The Morgan fingerprint density at radius 3 is 2.75 bits per heavy atom. The molecule has 2 aliphatic rings. The highest BCUT2D eigenvalue weighted by molar-refractivity contribution is 8.00. The van der Waals surface area contributed by atoms with Crippen molar-refractivity contribution in [2.24, 2.45) is 5.16 Å². The molecule has 1 saturated heterocycles. The van der Waals surface area contributed by atoms with Crippen LogP contribution in [0, 0.1) is 0 Å². The molecule has 0 aliphatic carbocycles. The highest BCUT2D eigenvalue weighted by atomic mass is 32.2. The molecule has 16 heteroatoms. The van der Waals surface area contributed by atoms with Gasteiger partial charge in [-0.15, -0.1) is 23.1 Å². The van der Waals surface area contributed by atoms with Gasteiger partial charge in [0.05, 0.1) is 0 Å². The number of aromatic nitrogens is 1. The largest absolute Gasteiger partial charge is 0.477 e. The van der Waals surface area contributed by atoms with Gasteiger partial charge in [-0.2, -0.15) is 8.78 Å². The highest BCUT2D eigenvalue weighted by Gasteiger charge is 2.54. The minimum Gasteiger partial charge on any atom is -0.477 e. The smallest absolute Gasteiger partial charge is 0.407 e. The number of β-lactam (4-membered cyclic amide) rings is 1. The molecule has 2 aliphatic heterocycles. The average Bonchev–Trinajstić information content (AvgIpc) is 3.15. The molecule has 32 heavy (non-hydrogen) atoms. The molecule has 0 unspecified atom stereocenters. The number of fused-ring (bicyclic) bond motifs is 1. The lowest BCUT2D eigenvalue weighted by Gasteiger charge is -2.49. The molecule has 2 atom stereocenters. The number of carbonyl (C=O) groups excluding carboxylic acids is 3. The Morgan fingerprint density at radius 1 is 1.47 bits per heavy atom. The van der Waals surface area contributed by atoms with E-state index in [1.54, 1.807) is 0 Å². The van der Waals surface area contributed by atoms with E-state index in [0.29, 0.717) is 0 Å². The number of hydrogen-bond donors (Lipinski definition) is 3. The van der Waals surface area contributed by atoms with Crippen molar-refractivity contribution in [3.8, 4) is 0 Å². The second kappa shape index (κ2) is 9.47. The molecule has 0 saturated carbocycles. The van der Waals surface area contributed by atoms with E-state index in [-0.39, 0.29) is 34.5 Å². The molecular formula is C16H15F2N5O7S2. The number of nitrogens with one attached hydrogen (secondary N) is 1. The first kappa shape index (κ1) is 23.4. The number of amides is 2. The van der Waals surface area contributed by atoms with E-state index in [1.807, 2.05) is 0 Å². The van der Waals surface area contributed by atoms with E-state index in [2.05, 4.69) is 20.3 Å². The Kier molecular flexibility index (Phi) is 6.93. The minimum atomic E-state index is -3.30. The summed E-state index contributed by atoms with van der Waals surface area (Å²) in [6, 6.07) is -1.16. The van der Waals surface area contributed by atoms with Gasteiger partial charge in [0, 0.05) is 23.6 Å². The summed E-state index contributed by atoms with van der Waals surface area (Å²) >= 11 is 2.06. The maximum atomic E-state index is 12.6. The van der Waals surface area contributed by atoms with E-state index < -0.39 is 47.5 Å². The molecule has 172 valence electrons. The summed E-state index contributed by atoms with van der Waals surface area (Å²) in [5, 5.41) is 15.5. The Bertz CT molecular complexity index is 1030. The predicted molar refractivity (Wildman–Crippen MR) is 106 cm³/mol. The number of carboxylic acid groups (broad SMARTS) is 1. The SMILES string of the molecule is CC(=O)OCC1=C(C(=O)O)N2C(=O)[C@@H](NC(=O)/C(=N\OC(F)F)c3csc(N)n3)[C@H]2SC1. The number of hydrogen-bond acceptors (Lipinski definition) is 11. The molecule has 1 aromatic heterocycles. The van der Waals surface area contributed by atoms with Crippen LogP contribution in [0.25, 0.3) is 0 Å². The van der Waals surface area contributed by atoms with Crippen molar-refractivity contribution in [1.29, 1.82) is 0 Å². The van der Waals surface area contributed by atoms with Crippen LogP contribution in [0.4, 0.5) is 13.9 Å². The maximum absolute atomic E-state index is 12.6.